The summed E-state index contributed by atoms with van der Waals surface area (Å²) < 4.78 is 8.38. The van der Waals surface area contributed by atoms with E-state index < -0.39 is 11.1 Å². The topological polar surface area (TPSA) is 53.2 Å². The van der Waals surface area contributed by atoms with E-state index in [0.717, 1.165) is 25.1 Å². The van der Waals surface area contributed by atoms with Gasteiger partial charge in [0.15, 0.2) is 0 Å². The van der Waals surface area contributed by atoms with Crippen LogP contribution in [0, 0.1) is 5.92 Å². The first kappa shape index (κ1) is 16.7. The van der Waals surface area contributed by atoms with Crippen molar-refractivity contribution in [2.75, 3.05) is 13.2 Å². The van der Waals surface area contributed by atoms with Gasteiger partial charge in [-0.15, -0.1) is 0 Å². The van der Waals surface area contributed by atoms with Crippen LogP contribution in [0.2, 0.25) is 0 Å². The monoisotopic (exact) mass is 328 g/mol. The predicted molar refractivity (Wildman–Crippen MR) is 93.9 cm³/mol. The Hall–Kier alpha value is -2.14. The van der Waals surface area contributed by atoms with E-state index >= 15 is 0 Å². The molecule has 0 bridgehead atoms. The van der Waals surface area contributed by atoms with Gasteiger partial charge in [-0.2, -0.15) is 0 Å². The third-order valence-corrected chi connectivity index (χ3v) is 4.61. The van der Waals surface area contributed by atoms with Crippen LogP contribution in [-0.4, -0.2) is 22.3 Å². The Balaban J connectivity index is 1.86. The first-order chi connectivity index (χ1) is 11.6. The molecule has 1 aromatic carbocycles. The van der Waals surface area contributed by atoms with Crippen molar-refractivity contribution in [1.82, 2.24) is 9.13 Å². The maximum Gasteiger partial charge on any atom is 0.320 e. The quantitative estimate of drug-likeness (QED) is 0.811. The lowest BCUT2D eigenvalue weighted by Gasteiger charge is -2.22. The fraction of sp³-hybridized carbons (Fsp3) is 0.474. The Morgan fingerprint density at radius 1 is 1.12 bits per heavy atom. The Kier molecular flexibility index (Phi) is 5.00. The SMILES string of the molecule is CC(C)c1ccc(-n2ccn(CC3CCCOC3)c(=O)c2=O)cc1. The van der Waals surface area contributed by atoms with E-state index in [1.54, 1.807) is 12.4 Å². The summed E-state index contributed by atoms with van der Waals surface area (Å²) in [6, 6.07) is 7.76. The number of aromatic nitrogens is 2. The van der Waals surface area contributed by atoms with Crippen LogP contribution in [0.1, 0.15) is 38.2 Å². The van der Waals surface area contributed by atoms with Crippen LogP contribution in [0.25, 0.3) is 5.69 Å². The fourth-order valence-corrected chi connectivity index (χ4v) is 3.10. The molecule has 5 nitrogen and oxygen atoms in total. The van der Waals surface area contributed by atoms with E-state index in [9.17, 15) is 9.59 Å². The van der Waals surface area contributed by atoms with E-state index in [2.05, 4.69) is 13.8 Å². The van der Waals surface area contributed by atoms with Crippen LogP contribution in [-0.2, 0) is 11.3 Å². The third kappa shape index (κ3) is 3.51. The molecule has 2 heterocycles. The highest BCUT2D eigenvalue weighted by Crippen LogP contribution is 2.16. The molecule has 1 atom stereocenters. The van der Waals surface area contributed by atoms with Crippen molar-refractivity contribution in [2.24, 2.45) is 5.92 Å². The minimum atomic E-state index is -0.508. The molecule has 0 saturated carbocycles. The molecule has 1 fully saturated rings. The van der Waals surface area contributed by atoms with Crippen molar-refractivity contribution in [2.45, 2.75) is 39.2 Å². The normalized spacial score (nSPS) is 18.0. The van der Waals surface area contributed by atoms with Gasteiger partial charge >= 0.3 is 11.1 Å². The second-order valence-electron chi connectivity index (χ2n) is 6.76. The molecule has 1 aliphatic rings. The van der Waals surface area contributed by atoms with Crippen molar-refractivity contribution in [3.8, 4) is 5.69 Å². The van der Waals surface area contributed by atoms with Crippen molar-refractivity contribution in [1.29, 1.82) is 0 Å². The summed E-state index contributed by atoms with van der Waals surface area (Å²) in [6.07, 6.45) is 5.43. The first-order valence-corrected chi connectivity index (χ1v) is 8.56. The van der Waals surface area contributed by atoms with Gasteiger partial charge in [-0.05, 0) is 36.5 Å². The minimum absolute atomic E-state index is 0.303. The summed E-state index contributed by atoms with van der Waals surface area (Å²) in [5, 5.41) is 0. The van der Waals surface area contributed by atoms with E-state index in [1.807, 2.05) is 24.3 Å². The third-order valence-electron chi connectivity index (χ3n) is 4.61. The minimum Gasteiger partial charge on any atom is -0.381 e. The van der Waals surface area contributed by atoms with Crippen molar-refractivity contribution >= 4 is 0 Å². The Labute approximate surface area is 141 Å². The maximum absolute atomic E-state index is 12.4. The molecule has 3 rings (SSSR count). The Bertz CT molecular complexity index is 797. The van der Waals surface area contributed by atoms with E-state index in [0.29, 0.717) is 25.0 Å². The number of hydrogen-bond donors (Lipinski definition) is 0. The fourth-order valence-electron chi connectivity index (χ4n) is 3.10. The molecule has 1 unspecified atom stereocenters. The molecular weight excluding hydrogens is 304 g/mol. The number of hydrogen-bond acceptors (Lipinski definition) is 3. The van der Waals surface area contributed by atoms with E-state index in [-0.39, 0.29) is 0 Å². The molecule has 0 spiro atoms. The highest BCUT2D eigenvalue weighted by molar-refractivity contribution is 5.35. The molecule has 128 valence electrons. The molecule has 1 aliphatic heterocycles. The lowest BCUT2D eigenvalue weighted by molar-refractivity contribution is 0.0479. The summed E-state index contributed by atoms with van der Waals surface area (Å²) in [5.41, 5.74) is 0.939. The Morgan fingerprint density at radius 2 is 1.88 bits per heavy atom. The second-order valence-corrected chi connectivity index (χ2v) is 6.76. The van der Waals surface area contributed by atoms with Gasteiger partial charge in [0.25, 0.3) is 0 Å². The van der Waals surface area contributed by atoms with Gasteiger partial charge in [0, 0.05) is 37.2 Å². The van der Waals surface area contributed by atoms with Crippen LogP contribution in [0.4, 0.5) is 0 Å². The predicted octanol–water partition coefficient (Wildman–Crippen LogP) is 2.55. The van der Waals surface area contributed by atoms with Gasteiger partial charge in [0.2, 0.25) is 0 Å². The van der Waals surface area contributed by atoms with Crippen LogP contribution in [0.5, 0.6) is 0 Å². The van der Waals surface area contributed by atoms with Crippen molar-refractivity contribution in [3.05, 3.63) is 62.9 Å². The van der Waals surface area contributed by atoms with Gasteiger partial charge in [-0.3, -0.25) is 14.2 Å². The lowest BCUT2D eigenvalue weighted by atomic mass is 10.0. The van der Waals surface area contributed by atoms with Gasteiger partial charge in [-0.25, -0.2) is 0 Å². The zero-order chi connectivity index (χ0) is 17.1. The molecule has 24 heavy (non-hydrogen) atoms. The maximum atomic E-state index is 12.4. The average Bonchev–Trinajstić information content (AvgIpc) is 2.60. The highest BCUT2D eigenvalue weighted by Gasteiger charge is 2.16. The van der Waals surface area contributed by atoms with E-state index in [4.69, 9.17) is 4.74 Å². The van der Waals surface area contributed by atoms with E-state index in [1.165, 1.54) is 14.7 Å². The highest BCUT2D eigenvalue weighted by atomic mass is 16.5. The summed E-state index contributed by atoms with van der Waals surface area (Å²) in [5.74, 6) is 0.735. The average molecular weight is 328 g/mol. The van der Waals surface area contributed by atoms with Crippen LogP contribution in [0.3, 0.4) is 0 Å². The number of benzene rings is 1. The summed E-state index contributed by atoms with van der Waals surface area (Å²) in [7, 11) is 0. The first-order valence-electron chi connectivity index (χ1n) is 8.56. The smallest absolute Gasteiger partial charge is 0.320 e. The summed E-state index contributed by atoms with van der Waals surface area (Å²) >= 11 is 0. The van der Waals surface area contributed by atoms with Crippen LogP contribution in [0.15, 0.2) is 46.2 Å². The molecule has 0 aliphatic carbocycles. The molecule has 0 amide bonds. The van der Waals surface area contributed by atoms with Gasteiger partial charge in [-0.1, -0.05) is 26.0 Å². The van der Waals surface area contributed by atoms with Crippen molar-refractivity contribution in [3.63, 3.8) is 0 Å². The second kappa shape index (κ2) is 7.18. The molecule has 5 heteroatoms. The molecule has 1 aromatic heterocycles. The molecule has 0 N–H and O–H groups in total. The standard InChI is InChI=1S/C19H24N2O3/c1-14(2)16-5-7-17(8-6-16)21-10-9-20(18(22)19(21)23)12-15-4-3-11-24-13-15/h5-10,14-15H,3-4,11-13H2,1-2H3. The largest absolute Gasteiger partial charge is 0.381 e. The molecule has 1 saturated heterocycles. The molecular formula is C19H24N2O3. The summed E-state index contributed by atoms with van der Waals surface area (Å²) in [6.45, 7) is 6.24. The number of ether oxygens (including phenoxy) is 1. The molecule has 2 aromatic rings. The lowest BCUT2D eigenvalue weighted by Crippen LogP contribution is -2.41. The van der Waals surface area contributed by atoms with Gasteiger partial charge in [0.1, 0.15) is 0 Å². The summed E-state index contributed by atoms with van der Waals surface area (Å²) in [4.78, 5) is 24.8. The van der Waals surface area contributed by atoms with Crippen LogP contribution >= 0.6 is 0 Å². The van der Waals surface area contributed by atoms with Gasteiger partial charge < -0.3 is 9.30 Å². The zero-order valence-corrected chi connectivity index (χ0v) is 14.3. The molecule has 0 radical (unpaired) electrons. The number of rotatable bonds is 4. The van der Waals surface area contributed by atoms with Crippen molar-refractivity contribution < 1.29 is 4.74 Å². The van der Waals surface area contributed by atoms with Crippen LogP contribution < -0.4 is 11.1 Å². The zero-order valence-electron chi connectivity index (χ0n) is 14.3. The Morgan fingerprint density at radius 3 is 2.50 bits per heavy atom. The number of nitrogens with zero attached hydrogens (tertiary/aromatic N) is 2. The van der Waals surface area contributed by atoms with Gasteiger partial charge in [0.05, 0.1) is 6.61 Å².